The van der Waals surface area contributed by atoms with E-state index in [0.717, 1.165) is 36.2 Å². The summed E-state index contributed by atoms with van der Waals surface area (Å²) in [5.41, 5.74) is 45.3. The van der Waals surface area contributed by atoms with Crippen LogP contribution >= 0.6 is 0 Å². The van der Waals surface area contributed by atoms with Crippen LogP contribution in [0.25, 0.3) is 0 Å². The molecule has 3 aromatic heterocycles. The molecule has 6 heterocycles. The lowest BCUT2D eigenvalue weighted by Crippen LogP contribution is -2.68. The number of aromatic nitrogens is 7. The highest BCUT2D eigenvalue weighted by Gasteiger charge is 2.55. The Labute approximate surface area is 545 Å². The molecule has 6 amide bonds. The number of aliphatic hydroxyl groups excluding tert-OH is 6. The quantitative estimate of drug-likeness (QED) is 0.0284. The molecule has 3 aromatic rings. The molecule has 0 unspecified atom stereocenters. The minimum Gasteiger partial charge on any atom is -0.389 e. The molecule has 0 aromatic carbocycles. The zero-order valence-corrected chi connectivity index (χ0v) is 52.6. The third kappa shape index (κ3) is 19.2. The Hall–Kier alpha value is -7.44. The summed E-state index contributed by atoms with van der Waals surface area (Å²) in [4.78, 5) is 136. The van der Waals surface area contributed by atoms with E-state index in [4.69, 9.17) is 74.3 Å². The number of hydrogen-bond donors (Lipinski definition) is 18. The standard InChI is InChI=1S/C54H88N20O22/c1-23-14-72(53(89)65-48(23)87)21-35(79)70(18-31(60)75)9-6-63-33(77)20-71(36(80)22-73-15-24(2)49(88)66-54(73)90)10-7-64-32(76)19-69(8-5-55)34(78)4-3-25-16-74(68-67-25)17-30-46(95-51-38(62)43(85)41(83)29(13-57)92-51)44(86)52(93-30)96-47-39(81)26(58)11-27(59)45(47)94-50-37(61)42(84)40(82)28(12-56)91-50/h14-16,26-30,37-47,50-52,81-86H,3-13,17-22,55-59,61-62H2,1-2H3,(H2,60,75)(H,63,77)(H,64,76)(H,65,87,89)(H,66,88,90)/t26-,27+,28-,29+,30-,37-,38-,39+,40-,41-,42-,43-,44-,45-,46-,47-,50-,51-,52+/m1/s1. The topological polar surface area (TPSA) is 662 Å². The summed E-state index contributed by atoms with van der Waals surface area (Å²) < 4.78 is 39.6. The number of aliphatic hydroxyl groups is 6. The molecule has 26 N–H and O–H groups in total. The van der Waals surface area contributed by atoms with Crippen LogP contribution in [-0.2, 0) is 83.2 Å². The highest BCUT2D eigenvalue weighted by molar-refractivity contribution is 5.86. The van der Waals surface area contributed by atoms with Crippen molar-refractivity contribution in [3.63, 3.8) is 0 Å². The minimum absolute atomic E-state index is 0.0165. The number of amides is 6. The fourth-order valence-corrected chi connectivity index (χ4v) is 11.2. The molecular formula is C54H88N20O22. The second-order valence-corrected chi connectivity index (χ2v) is 23.8. The first-order valence-corrected chi connectivity index (χ1v) is 30.7. The van der Waals surface area contributed by atoms with Crippen molar-refractivity contribution in [2.24, 2.45) is 45.9 Å². The SMILES string of the molecule is Cc1cn(CC(=O)N(CCNC(=O)CN(CCNC(=O)CN(CCN)C(=O)CCc2cn(C[C@H]3O[C@@H](O[C@@H]4[C@@H](O)[C@H](N)C[C@H](N)[C@H]4O[C@H]4O[C@H](CN)[C@@H](O)[C@H](O)[C@H]4N)[C@H](O)[C@@H]3O[C@H]3O[C@@H](CN)[C@@H](O)[C@H](O)[C@H]3N)nn2)C(=O)Cn2cc(C)c(=O)[nH]c2=O)CC(N)=O)c(=O)[nH]c1=O. The molecule has 3 saturated heterocycles. The molecule has 42 heteroatoms. The minimum atomic E-state index is -1.78. The molecule has 1 aliphatic carbocycles. The van der Waals surface area contributed by atoms with Gasteiger partial charge in [-0.1, -0.05) is 5.21 Å². The van der Waals surface area contributed by atoms with Gasteiger partial charge in [-0.2, -0.15) is 0 Å². The predicted molar refractivity (Wildman–Crippen MR) is 326 cm³/mol. The average Bonchev–Trinajstić information content (AvgIpc) is 1.73. The monoisotopic (exact) mass is 1370 g/mol. The molecule has 4 fully saturated rings. The van der Waals surface area contributed by atoms with Crippen molar-refractivity contribution in [3.05, 3.63) is 77.1 Å². The molecule has 536 valence electrons. The van der Waals surface area contributed by atoms with E-state index in [0.29, 0.717) is 0 Å². The van der Waals surface area contributed by atoms with Gasteiger partial charge in [-0.3, -0.25) is 57.5 Å². The number of nitrogens with zero attached hydrogens (tertiary/aromatic N) is 8. The number of ether oxygens (including phenoxy) is 6. The molecule has 1 saturated carbocycles. The molecule has 0 spiro atoms. The Morgan fingerprint density at radius 3 is 1.55 bits per heavy atom. The molecule has 0 radical (unpaired) electrons. The van der Waals surface area contributed by atoms with E-state index in [1.54, 1.807) is 0 Å². The highest BCUT2D eigenvalue weighted by Crippen LogP contribution is 2.35. The summed E-state index contributed by atoms with van der Waals surface area (Å²) in [5, 5.41) is 79.5. The van der Waals surface area contributed by atoms with E-state index in [-0.39, 0.29) is 95.0 Å². The van der Waals surface area contributed by atoms with E-state index < -0.39 is 207 Å². The Morgan fingerprint density at radius 1 is 0.594 bits per heavy atom. The van der Waals surface area contributed by atoms with Crippen molar-refractivity contribution in [3.8, 4) is 0 Å². The van der Waals surface area contributed by atoms with Gasteiger partial charge in [0.05, 0.1) is 50.1 Å². The molecule has 96 heavy (non-hydrogen) atoms. The Balaban J connectivity index is 0.980. The Morgan fingerprint density at radius 2 is 1.06 bits per heavy atom. The number of nitrogens with one attached hydrogen (secondary N) is 4. The number of primary amides is 1. The van der Waals surface area contributed by atoms with Gasteiger partial charge >= 0.3 is 11.4 Å². The average molecular weight is 1370 g/mol. The van der Waals surface area contributed by atoms with E-state index in [2.05, 4.69) is 30.9 Å². The van der Waals surface area contributed by atoms with Gasteiger partial charge in [0.15, 0.2) is 18.9 Å². The van der Waals surface area contributed by atoms with Gasteiger partial charge < -0.3 is 130 Å². The van der Waals surface area contributed by atoms with Crippen molar-refractivity contribution in [1.82, 2.24) is 59.4 Å². The number of aromatic amines is 2. The van der Waals surface area contributed by atoms with Crippen LogP contribution in [0.3, 0.4) is 0 Å². The lowest BCUT2D eigenvalue weighted by Gasteiger charge is -2.47. The summed E-state index contributed by atoms with van der Waals surface area (Å²) in [5.74, 6) is -4.61. The number of carbonyl (C=O) groups excluding carboxylic acids is 6. The first-order chi connectivity index (χ1) is 45.4. The highest BCUT2D eigenvalue weighted by atomic mass is 16.8. The van der Waals surface area contributed by atoms with Gasteiger partial charge in [-0.15, -0.1) is 5.10 Å². The van der Waals surface area contributed by atoms with Crippen LogP contribution in [0.15, 0.2) is 37.8 Å². The maximum absolute atomic E-state index is 13.8. The zero-order chi connectivity index (χ0) is 70.6. The van der Waals surface area contributed by atoms with Crippen molar-refractivity contribution in [1.29, 1.82) is 0 Å². The van der Waals surface area contributed by atoms with Gasteiger partial charge in [0.25, 0.3) is 11.1 Å². The second-order valence-electron chi connectivity index (χ2n) is 23.8. The van der Waals surface area contributed by atoms with Crippen molar-refractivity contribution >= 4 is 35.4 Å². The first kappa shape index (κ1) is 75.9. The van der Waals surface area contributed by atoms with Crippen LogP contribution in [0.1, 0.15) is 29.7 Å². The Bertz CT molecular complexity index is 3400. The fraction of sp³-hybridized carbons (Fsp3) is 0.704. The van der Waals surface area contributed by atoms with Crippen LogP contribution < -0.4 is 79.0 Å². The van der Waals surface area contributed by atoms with E-state index in [1.165, 1.54) is 24.7 Å². The second kappa shape index (κ2) is 34.2. The lowest BCUT2D eigenvalue weighted by molar-refractivity contribution is -0.306. The van der Waals surface area contributed by atoms with Gasteiger partial charge in [-0.25, -0.2) is 14.3 Å². The summed E-state index contributed by atoms with van der Waals surface area (Å²) in [6, 6.07) is -4.73. The normalized spacial score (nSPS) is 29.8. The molecule has 3 aliphatic heterocycles. The number of aryl methyl sites for hydroxylation is 3. The van der Waals surface area contributed by atoms with Crippen molar-refractivity contribution < 1.29 is 87.8 Å². The predicted octanol–water partition coefficient (Wildman–Crippen LogP) is -14.8. The number of nitrogens with two attached hydrogens (primary N) is 8. The third-order valence-corrected chi connectivity index (χ3v) is 16.6. The Kier molecular flexibility index (Phi) is 27.0. The molecule has 7 rings (SSSR count). The van der Waals surface area contributed by atoms with Gasteiger partial charge in [0, 0.05) is 107 Å². The third-order valence-electron chi connectivity index (χ3n) is 16.6. The summed E-state index contributed by atoms with van der Waals surface area (Å²) in [7, 11) is 0. The largest absolute Gasteiger partial charge is 0.389 e. The van der Waals surface area contributed by atoms with Crippen LogP contribution in [0, 0.1) is 13.8 Å². The number of hydrogen-bond acceptors (Lipinski definition) is 31. The molecule has 19 atom stereocenters. The summed E-state index contributed by atoms with van der Waals surface area (Å²) in [6.45, 7) is -2.56. The van der Waals surface area contributed by atoms with Gasteiger partial charge in [0.1, 0.15) is 80.2 Å². The van der Waals surface area contributed by atoms with Gasteiger partial charge in [-0.05, 0) is 20.3 Å². The number of rotatable bonds is 31. The van der Waals surface area contributed by atoms with Crippen LogP contribution in [0.4, 0.5) is 0 Å². The zero-order valence-electron chi connectivity index (χ0n) is 52.6. The molecule has 4 aliphatic rings. The smallest absolute Gasteiger partial charge is 0.328 e. The van der Waals surface area contributed by atoms with Crippen LogP contribution in [0.5, 0.6) is 0 Å². The summed E-state index contributed by atoms with van der Waals surface area (Å²) >= 11 is 0. The summed E-state index contributed by atoms with van der Waals surface area (Å²) in [6.07, 6.45) is -18.6. The van der Waals surface area contributed by atoms with Crippen molar-refractivity contribution in [2.75, 3.05) is 72.0 Å². The van der Waals surface area contributed by atoms with Gasteiger partial charge in [0.2, 0.25) is 35.4 Å². The van der Waals surface area contributed by atoms with Crippen LogP contribution in [0.2, 0.25) is 0 Å². The van der Waals surface area contributed by atoms with E-state index >= 15 is 0 Å². The van der Waals surface area contributed by atoms with E-state index in [1.807, 2.05) is 0 Å². The molecule has 0 bridgehead atoms. The van der Waals surface area contributed by atoms with Crippen molar-refractivity contribution in [2.45, 2.75) is 169 Å². The molecule has 42 nitrogen and oxygen atoms in total. The number of carbonyl (C=O) groups is 6. The van der Waals surface area contributed by atoms with Crippen LogP contribution in [-0.4, -0.2) is 303 Å². The maximum Gasteiger partial charge on any atom is 0.328 e. The number of H-pyrrole nitrogens is 2. The fourth-order valence-electron chi connectivity index (χ4n) is 11.2. The molecular weight excluding hydrogens is 1280 g/mol. The van der Waals surface area contributed by atoms with E-state index in [9.17, 15) is 78.6 Å². The maximum atomic E-state index is 13.8. The first-order valence-electron chi connectivity index (χ1n) is 30.7. The lowest BCUT2D eigenvalue weighted by atomic mass is 9.84.